The third-order valence-electron chi connectivity index (χ3n) is 0.934. The summed E-state index contributed by atoms with van der Waals surface area (Å²) in [7, 11) is 1.32. The molecule has 0 aromatic carbocycles. The second-order valence-corrected chi connectivity index (χ2v) is 1.68. The number of carbonyl (C=O) groups excluding carboxylic acids is 1. The topological polar surface area (TPSA) is 38.3 Å². The van der Waals surface area contributed by atoms with E-state index in [1.807, 2.05) is 0 Å². The molecule has 0 spiro atoms. The van der Waals surface area contributed by atoms with Crippen molar-refractivity contribution in [2.24, 2.45) is 0 Å². The van der Waals surface area contributed by atoms with Crippen LogP contribution >= 0.6 is 0 Å². The third kappa shape index (κ3) is 2.91. The number of nitrogens with one attached hydrogen (secondary N) is 1. The molecule has 0 unspecified atom stereocenters. The van der Waals surface area contributed by atoms with E-state index in [2.05, 4.69) is 23.2 Å². The molecule has 3 heteroatoms. The van der Waals surface area contributed by atoms with Crippen LogP contribution in [0.4, 0.5) is 0 Å². The van der Waals surface area contributed by atoms with Crippen LogP contribution in [0.1, 0.15) is 0 Å². The van der Waals surface area contributed by atoms with Gasteiger partial charge in [-0.3, -0.25) is 0 Å². The molecule has 0 bridgehead atoms. The summed E-state index contributed by atoms with van der Waals surface area (Å²) >= 11 is 0. The molecule has 0 aliphatic heterocycles. The highest BCUT2D eigenvalue weighted by Crippen LogP contribution is 1.89. The zero-order valence-electron chi connectivity index (χ0n) is 6.02. The van der Waals surface area contributed by atoms with E-state index in [0.717, 1.165) is 0 Å². The van der Waals surface area contributed by atoms with Gasteiger partial charge in [0.1, 0.15) is 0 Å². The van der Waals surface area contributed by atoms with Crippen molar-refractivity contribution >= 4 is 5.97 Å². The van der Waals surface area contributed by atoms with Crippen molar-refractivity contribution in [1.29, 1.82) is 0 Å². The Hall–Kier alpha value is -1.25. The van der Waals surface area contributed by atoms with Gasteiger partial charge in [-0.15, -0.1) is 0 Å². The maximum atomic E-state index is 10.6. The van der Waals surface area contributed by atoms with Crippen LogP contribution < -0.4 is 5.32 Å². The maximum absolute atomic E-state index is 10.6. The first-order valence-electron chi connectivity index (χ1n) is 2.82. The Kier molecular flexibility index (Phi) is 4.04. The predicted octanol–water partition coefficient (Wildman–Crippen LogP) is 0.449. The molecular formula is C7H11NO2. The monoisotopic (exact) mass is 141 g/mol. The SMILES string of the molecule is C=CNCC(=C)C(=O)OC. The number of esters is 1. The Morgan fingerprint density at radius 1 is 1.80 bits per heavy atom. The van der Waals surface area contributed by atoms with Crippen LogP contribution in [0.15, 0.2) is 24.9 Å². The summed E-state index contributed by atoms with van der Waals surface area (Å²) in [4.78, 5) is 10.6. The quantitative estimate of drug-likeness (QED) is 0.456. The molecule has 0 amide bonds. The lowest BCUT2D eigenvalue weighted by atomic mass is 10.3. The average molecular weight is 141 g/mol. The van der Waals surface area contributed by atoms with Crippen LogP contribution in [0.3, 0.4) is 0 Å². The van der Waals surface area contributed by atoms with Crippen LogP contribution in [-0.2, 0) is 9.53 Å². The van der Waals surface area contributed by atoms with Gasteiger partial charge in [-0.05, 0) is 6.20 Å². The standard InChI is InChI=1S/C7H11NO2/c1-4-8-5-6(2)7(9)10-3/h4,8H,1-2,5H2,3H3. The number of hydrogen-bond acceptors (Lipinski definition) is 3. The lowest BCUT2D eigenvalue weighted by Crippen LogP contribution is -2.15. The summed E-state index contributed by atoms with van der Waals surface area (Å²) in [6, 6.07) is 0. The maximum Gasteiger partial charge on any atom is 0.334 e. The van der Waals surface area contributed by atoms with E-state index in [4.69, 9.17) is 0 Å². The Morgan fingerprint density at radius 2 is 2.40 bits per heavy atom. The van der Waals surface area contributed by atoms with E-state index >= 15 is 0 Å². The normalized spacial score (nSPS) is 8.10. The summed E-state index contributed by atoms with van der Waals surface area (Å²) in [5, 5.41) is 2.73. The number of hydrogen-bond donors (Lipinski definition) is 1. The van der Waals surface area contributed by atoms with E-state index in [1.165, 1.54) is 13.3 Å². The molecule has 0 aliphatic carbocycles. The fraction of sp³-hybridized carbons (Fsp3) is 0.286. The molecule has 0 fully saturated rings. The molecular weight excluding hydrogens is 130 g/mol. The number of ether oxygens (including phenoxy) is 1. The molecule has 0 saturated heterocycles. The van der Waals surface area contributed by atoms with Crippen molar-refractivity contribution < 1.29 is 9.53 Å². The van der Waals surface area contributed by atoms with Crippen LogP contribution in [0.25, 0.3) is 0 Å². The minimum Gasteiger partial charge on any atom is -0.466 e. The third-order valence-corrected chi connectivity index (χ3v) is 0.934. The van der Waals surface area contributed by atoms with Crippen molar-refractivity contribution in [2.75, 3.05) is 13.7 Å². The number of rotatable bonds is 4. The summed E-state index contributed by atoms with van der Waals surface area (Å²) in [6.45, 7) is 7.28. The van der Waals surface area contributed by atoms with Gasteiger partial charge in [0.15, 0.2) is 0 Å². The fourth-order valence-corrected chi connectivity index (χ4v) is 0.412. The molecule has 0 atom stereocenters. The van der Waals surface area contributed by atoms with Gasteiger partial charge in [-0.2, -0.15) is 0 Å². The van der Waals surface area contributed by atoms with E-state index in [1.54, 1.807) is 0 Å². The first-order chi connectivity index (χ1) is 4.72. The van der Waals surface area contributed by atoms with Gasteiger partial charge >= 0.3 is 5.97 Å². The van der Waals surface area contributed by atoms with Gasteiger partial charge in [-0.25, -0.2) is 4.79 Å². The molecule has 0 radical (unpaired) electrons. The van der Waals surface area contributed by atoms with E-state index < -0.39 is 5.97 Å². The van der Waals surface area contributed by atoms with Crippen molar-refractivity contribution in [2.45, 2.75) is 0 Å². The van der Waals surface area contributed by atoms with Crippen molar-refractivity contribution in [3.8, 4) is 0 Å². The predicted molar refractivity (Wildman–Crippen MR) is 39.4 cm³/mol. The Balaban J connectivity index is 3.62. The van der Waals surface area contributed by atoms with Crippen LogP contribution in [-0.4, -0.2) is 19.6 Å². The summed E-state index contributed by atoms with van der Waals surface area (Å²) in [5.74, 6) is -0.394. The summed E-state index contributed by atoms with van der Waals surface area (Å²) in [6.07, 6.45) is 1.49. The molecule has 10 heavy (non-hydrogen) atoms. The van der Waals surface area contributed by atoms with Crippen LogP contribution in [0.2, 0.25) is 0 Å². The lowest BCUT2D eigenvalue weighted by Gasteiger charge is -2.01. The van der Waals surface area contributed by atoms with Crippen molar-refractivity contribution in [3.63, 3.8) is 0 Å². The highest BCUT2D eigenvalue weighted by atomic mass is 16.5. The van der Waals surface area contributed by atoms with Gasteiger partial charge < -0.3 is 10.1 Å². The Morgan fingerprint density at radius 3 is 2.80 bits per heavy atom. The lowest BCUT2D eigenvalue weighted by molar-refractivity contribution is -0.136. The molecule has 1 N–H and O–H groups in total. The summed E-state index contributed by atoms with van der Waals surface area (Å²) < 4.78 is 4.40. The Labute approximate surface area is 60.4 Å². The summed E-state index contributed by atoms with van der Waals surface area (Å²) in [5.41, 5.74) is 0.391. The molecule has 0 aromatic heterocycles. The largest absolute Gasteiger partial charge is 0.466 e. The molecule has 56 valence electrons. The number of carbonyl (C=O) groups is 1. The Bertz CT molecular complexity index is 152. The first-order valence-corrected chi connectivity index (χ1v) is 2.82. The number of methoxy groups -OCH3 is 1. The van der Waals surface area contributed by atoms with E-state index in [-0.39, 0.29) is 0 Å². The highest BCUT2D eigenvalue weighted by Gasteiger charge is 2.03. The molecule has 0 rings (SSSR count). The minimum absolute atomic E-state index is 0.385. The van der Waals surface area contributed by atoms with Crippen molar-refractivity contribution in [3.05, 3.63) is 24.9 Å². The van der Waals surface area contributed by atoms with Crippen molar-refractivity contribution in [1.82, 2.24) is 5.32 Å². The van der Waals surface area contributed by atoms with Gasteiger partial charge in [-0.1, -0.05) is 13.2 Å². The van der Waals surface area contributed by atoms with E-state index in [0.29, 0.717) is 12.1 Å². The van der Waals surface area contributed by atoms with Crippen LogP contribution in [0, 0.1) is 0 Å². The minimum atomic E-state index is -0.394. The average Bonchev–Trinajstić information content (AvgIpc) is 1.98. The van der Waals surface area contributed by atoms with Gasteiger partial charge in [0, 0.05) is 12.1 Å². The van der Waals surface area contributed by atoms with Gasteiger partial charge in [0.05, 0.1) is 7.11 Å². The van der Waals surface area contributed by atoms with Gasteiger partial charge in [0.2, 0.25) is 0 Å². The molecule has 0 heterocycles. The zero-order chi connectivity index (χ0) is 7.98. The smallest absolute Gasteiger partial charge is 0.334 e. The molecule has 0 aliphatic rings. The second-order valence-electron chi connectivity index (χ2n) is 1.68. The van der Waals surface area contributed by atoms with E-state index in [9.17, 15) is 4.79 Å². The molecule has 0 saturated carbocycles. The highest BCUT2D eigenvalue weighted by molar-refractivity contribution is 5.88. The molecule has 3 nitrogen and oxygen atoms in total. The zero-order valence-corrected chi connectivity index (χ0v) is 6.02. The van der Waals surface area contributed by atoms with Gasteiger partial charge in [0.25, 0.3) is 0 Å². The second kappa shape index (κ2) is 4.61. The first kappa shape index (κ1) is 8.75. The molecule has 0 aromatic rings. The van der Waals surface area contributed by atoms with Crippen LogP contribution in [0.5, 0.6) is 0 Å². The fourth-order valence-electron chi connectivity index (χ4n) is 0.412.